The van der Waals surface area contributed by atoms with Crippen LogP contribution in [0.4, 0.5) is 13.2 Å². The molecule has 2 rings (SSSR count). The standard InChI is InChI=1S/C24H30F3N3O6/c1-12(2)17(19(31)24(25,26)27)28-21(33)16-6-5-11-30(16)22(34)18(13(3)4)29-20(32)14-7-9-15(10-8-14)23(35)36/h7-10,12-13,16-18H,5-6,11H2,1-4H3,(H,28,33)(H,29,32)(H,35,36)/t16-,17-,18-/m0/s1. The number of rotatable bonds is 9. The summed E-state index contributed by atoms with van der Waals surface area (Å²) in [6.45, 7) is 6.26. The Kier molecular flexibility index (Phi) is 9.22. The van der Waals surface area contributed by atoms with Gasteiger partial charge >= 0.3 is 12.1 Å². The number of halogens is 3. The average molecular weight is 514 g/mol. The van der Waals surface area contributed by atoms with Crippen LogP contribution in [0.1, 0.15) is 61.3 Å². The molecule has 1 fully saturated rings. The second-order valence-electron chi connectivity index (χ2n) is 9.36. The van der Waals surface area contributed by atoms with Gasteiger partial charge in [0, 0.05) is 12.1 Å². The van der Waals surface area contributed by atoms with Crippen LogP contribution in [0.25, 0.3) is 0 Å². The second kappa shape index (κ2) is 11.5. The number of likely N-dealkylation sites (tertiary alicyclic amines) is 1. The minimum atomic E-state index is -5.12. The fourth-order valence-corrected chi connectivity index (χ4v) is 3.94. The Bertz CT molecular complexity index is 1010. The van der Waals surface area contributed by atoms with E-state index < -0.39 is 65.6 Å². The van der Waals surface area contributed by atoms with E-state index in [-0.39, 0.29) is 24.1 Å². The first kappa shape index (κ1) is 28.8. The monoisotopic (exact) mass is 513 g/mol. The number of carbonyl (C=O) groups excluding carboxylic acids is 4. The highest BCUT2D eigenvalue weighted by molar-refractivity contribution is 6.00. The molecule has 1 aliphatic rings. The van der Waals surface area contributed by atoms with Crippen molar-refractivity contribution in [1.29, 1.82) is 0 Å². The Balaban J connectivity index is 2.18. The SMILES string of the molecule is CC(C)[C@H](NC(=O)c1ccc(C(=O)O)cc1)C(=O)N1CCC[C@H]1C(=O)N[C@H](C(=O)C(F)(F)F)C(C)C. The minimum absolute atomic E-state index is 0.0161. The lowest BCUT2D eigenvalue weighted by Crippen LogP contribution is -2.58. The minimum Gasteiger partial charge on any atom is -0.478 e. The summed E-state index contributed by atoms with van der Waals surface area (Å²) in [6.07, 6.45) is -4.51. The molecule has 0 saturated carbocycles. The Morgan fingerprint density at radius 3 is 1.92 bits per heavy atom. The van der Waals surface area contributed by atoms with E-state index in [1.807, 2.05) is 0 Å². The summed E-state index contributed by atoms with van der Waals surface area (Å²) in [5.41, 5.74) is 0.109. The molecule has 1 saturated heterocycles. The fourth-order valence-electron chi connectivity index (χ4n) is 3.94. The third kappa shape index (κ3) is 6.82. The predicted octanol–water partition coefficient (Wildman–Crippen LogP) is 2.40. The van der Waals surface area contributed by atoms with Crippen molar-refractivity contribution < 1.29 is 42.3 Å². The fraction of sp³-hybridized carbons (Fsp3) is 0.542. The number of amides is 3. The molecule has 0 radical (unpaired) electrons. The smallest absolute Gasteiger partial charge is 0.452 e. The van der Waals surface area contributed by atoms with Crippen molar-refractivity contribution in [1.82, 2.24) is 15.5 Å². The van der Waals surface area contributed by atoms with Gasteiger partial charge in [0.2, 0.25) is 11.8 Å². The number of benzene rings is 1. The number of carbonyl (C=O) groups is 5. The molecule has 1 aliphatic heterocycles. The zero-order valence-electron chi connectivity index (χ0n) is 20.4. The van der Waals surface area contributed by atoms with Crippen molar-refractivity contribution in [2.24, 2.45) is 11.8 Å². The average Bonchev–Trinajstić information content (AvgIpc) is 3.29. The first-order valence-electron chi connectivity index (χ1n) is 11.5. The van der Waals surface area contributed by atoms with Crippen LogP contribution < -0.4 is 10.6 Å². The molecular formula is C24H30F3N3O6. The van der Waals surface area contributed by atoms with Crippen molar-refractivity contribution >= 4 is 29.5 Å². The van der Waals surface area contributed by atoms with Crippen molar-refractivity contribution in [2.45, 2.75) is 64.8 Å². The van der Waals surface area contributed by atoms with Crippen molar-refractivity contribution in [3.63, 3.8) is 0 Å². The lowest BCUT2D eigenvalue weighted by molar-refractivity contribution is -0.175. The molecular weight excluding hydrogens is 483 g/mol. The number of aromatic carboxylic acids is 1. The molecule has 0 bridgehead atoms. The molecule has 0 aliphatic carbocycles. The number of carboxylic acid groups (broad SMARTS) is 1. The van der Waals surface area contributed by atoms with Gasteiger partial charge in [-0.1, -0.05) is 27.7 Å². The molecule has 9 nitrogen and oxygen atoms in total. The van der Waals surface area contributed by atoms with Gasteiger partial charge in [-0.2, -0.15) is 13.2 Å². The topological polar surface area (TPSA) is 133 Å². The van der Waals surface area contributed by atoms with Gasteiger partial charge in [-0.05, 0) is 48.9 Å². The van der Waals surface area contributed by atoms with Crippen LogP contribution in [0, 0.1) is 11.8 Å². The number of Topliss-reactive ketones (excluding diaryl/α,β-unsaturated/α-hetero) is 1. The molecule has 3 atom stereocenters. The molecule has 3 amide bonds. The van der Waals surface area contributed by atoms with Crippen molar-refractivity contribution in [3.05, 3.63) is 35.4 Å². The predicted molar refractivity (Wildman–Crippen MR) is 122 cm³/mol. The van der Waals surface area contributed by atoms with Gasteiger partial charge in [0.25, 0.3) is 11.7 Å². The molecule has 0 unspecified atom stereocenters. The van der Waals surface area contributed by atoms with Crippen LogP contribution in [0.15, 0.2) is 24.3 Å². The largest absolute Gasteiger partial charge is 0.478 e. The molecule has 12 heteroatoms. The molecule has 1 aromatic carbocycles. The molecule has 1 heterocycles. The zero-order valence-corrected chi connectivity index (χ0v) is 20.4. The summed E-state index contributed by atoms with van der Waals surface area (Å²) in [7, 11) is 0. The highest BCUT2D eigenvalue weighted by Crippen LogP contribution is 2.24. The highest BCUT2D eigenvalue weighted by Gasteiger charge is 2.46. The van der Waals surface area contributed by atoms with E-state index in [1.165, 1.54) is 43.0 Å². The van der Waals surface area contributed by atoms with E-state index in [0.717, 1.165) is 0 Å². The lowest BCUT2D eigenvalue weighted by atomic mass is 9.98. The molecule has 1 aromatic rings. The second-order valence-corrected chi connectivity index (χ2v) is 9.36. The van der Waals surface area contributed by atoms with Gasteiger partial charge in [-0.15, -0.1) is 0 Å². The summed E-state index contributed by atoms with van der Waals surface area (Å²) < 4.78 is 38.9. The van der Waals surface area contributed by atoms with Crippen LogP contribution >= 0.6 is 0 Å². The summed E-state index contributed by atoms with van der Waals surface area (Å²) in [4.78, 5) is 62.9. The van der Waals surface area contributed by atoms with E-state index in [2.05, 4.69) is 10.6 Å². The van der Waals surface area contributed by atoms with E-state index in [1.54, 1.807) is 13.8 Å². The number of nitrogens with zero attached hydrogens (tertiary/aromatic N) is 1. The summed E-state index contributed by atoms with van der Waals surface area (Å²) in [5, 5.41) is 13.8. The number of hydrogen-bond donors (Lipinski definition) is 3. The molecule has 36 heavy (non-hydrogen) atoms. The quantitative estimate of drug-likeness (QED) is 0.465. The van der Waals surface area contributed by atoms with Crippen LogP contribution in [0.2, 0.25) is 0 Å². The van der Waals surface area contributed by atoms with E-state index in [9.17, 15) is 37.1 Å². The molecule has 198 valence electrons. The maximum atomic E-state index is 13.3. The van der Waals surface area contributed by atoms with Crippen LogP contribution in [0.3, 0.4) is 0 Å². The van der Waals surface area contributed by atoms with Crippen molar-refractivity contribution in [3.8, 4) is 0 Å². The zero-order chi connectivity index (χ0) is 27.4. The van der Waals surface area contributed by atoms with Crippen molar-refractivity contribution in [2.75, 3.05) is 6.54 Å². The maximum Gasteiger partial charge on any atom is 0.452 e. The third-order valence-electron chi connectivity index (χ3n) is 5.98. The normalized spacial score (nSPS) is 17.6. The molecule has 0 spiro atoms. The van der Waals surface area contributed by atoms with Gasteiger partial charge in [-0.25, -0.2) is 4.79 Å². The number of carboxylic acids is 1. The van der Waals surface area contributed by atoms with Gasteiger partial charge in [0.05, 0.1) is 11.6 Å². The van der Waals surface area contributed by atoms with E-state index >= 15 is 0 Å². The van der Waals surface area contributed by atoms with Gasteiger partial charge in [0.15, 0.2) is 0 Å². The first-order valence-corrected chi connectivity index (χ1v) is 11.5. The first-order chi connectivity index (χ1) is 16.6. The number of alkyl halides is 3. The maximum absolute atomic E-state index is 13.3. The summed E-state index contributed by atoms with van der Waals surface area (Å²) in [5.74, 6) is -6.54. The Hall–Kier alpha value is -3.44. The van der Waals surface area contributed by atoms with Gasteiger partial charge in [0.1, 0.15) is 12.1 Å². The number of hydrogen-bond acceptors (Lipinski definition) is 5. The summed E-state index contributed by atoms with van der Waals surface area (Å²) >= 11 is 0. The Labute approximate surface area is 206 Å². The number of nitrogens with one attached hydrogen (secondary N) is 2. The van der Waals surface area contributed by atoms with E-state index in [0.29, 0.717) is 6.42 Å². The summed E-state index contributed by atoms with van der Waals surface area (Å²) in [6, 6.07) is 1.17. The number of ketones is 1. The lowest BCUT2D eigenvalue weighted by Gasteiger charge is -2.32. The molecule has 0 aromatic heterocycles. The highest BCUT2D eigenvalue weighted by atomic mass is 19.4. The van der Waals surface area contributed by atoms with Crippen LogP contribution in [0.5, 0.6) is 0 Å². The molecule has 3 N–H and O–H groups in total. The van der Waals surface area contributed by atoms with E-state index in [4.69, 9.17) is 5.11 Å². The Morgan fingerprint density at radius 2 is 1.44 bits per heavy atom. The van der Waals surface area contributed by atoms with Gasteiger partial charge < -0.3 is 20.6 Å². The van der Waals surface area contributed by atoms with Crippen LogP contribution in [-0.2, 0) is 14.4 Å². The third-order valence-corrected chi connectivity index (χ3v) is 5.98. The Morgan fingerprint density at radius 1 is 0.917 bits per heavy atom. The van der Waals surface area contributed by atoms with Crippen LogP contribution in [-0.4, -0.2) is 70.3 Å². The van der Waals surface area contributed by atoms with Gasteiger partial charge in [-0.3, -0.25) is 19.2 Å².